The third-order valence-corrected chi connectivity index (χ3v) is 6.28. The molecule has 0 aromatic heterocycles. The predicted molar refractivity (Wildman–Crippen MR) is 81.1 cm³/mol. The summed E-state index contributed by atoms with van der Waals surface area (Å²) in [6.45, 7) is 4.41. The van der Waals surface area contributed by atoms with Crippen LogP contribution in [-0.2, 0) is 4.79 Å². The van der Waals surface area contributed by atoms with E-state index in [9.17, 15) is 4.79 Å². The molecule has 3 nitrogen and oxygen atoms in total. The van der Waals surface area contributed by atoms with Gasteiger partial charge in [-0.25, -0.2) is 0 Å². The minimum atomic E-state index is -0.608. The lowest BCUT2D eigenvalue weighted by Crippen LogP contribution is -2.58. The number of fused-ring (bicyclic) bond motifs is 2. The first-order chi connectivity index (χ1) is 9.48. The summed E-state index contributed by atoms with van der Waals surface area (Å²) < 4.78 is 0. The molecule has 3 heteroatoms. The van der Waals surface area contributed by atoms with Gasteiger partial charge in [0.15, 0.2) is 0 Å². The molecule has 6 atom stereocenters. The monoisotopic (exact) mass is 278 g/mol. The Labute approximate surface area is 123 Å². The van der Waals surface area contributed by atoms with Gasteiger partial charge in [-0.2, -0.15) is 0 Å². The van der Waals surface area contributed by atoms with Crippen molar-refractivity contribution in [2.45, 2.75) is 76.8 Å². The maximum absolute atomic E-state index is 12.6. The summed E-state index contributed by atoms with van der Waals surface area (Å²) in [5.74, 6) is 3.18. The highest BCUT2D eigenvalue weighted by Crippen LogP contribution is 2.49. The quantitative estimate of drug-likeness (QED) is 0.834. The number of nitrogens with one attached hydrogen (secondary N) is 1. The second kappa shape index (κ2) is 5.32. The van der Waals surface area contributed by atoms with Crippen molar-refractivity contribution in [2.75, 3.05) is 0 Å². The number of hydrogen-bond donors (Lipinski definition) is 2. The number of carbonyl (C=O) groups excluding carboxylic acids is 1. The molecule has 0 aliphatic heterocycles. The van der Waals surface area contributed by atoms with Crippen molar-refractivity contribution >= 4 is 5.91 Å². The Balaban J connectivity index is 1.58. The molecule has 3 fully saturated rings. The molecule has 0 spiro atoms. The van der Waals surface area contributed by atoms with Gasteiger partial charge in [-0.15, -0.1) is 0 Å². The molecular weight excluding hydrogens is 248 g/mol. The molecule has 3 aliphatic carbocycles. The zero-order chi connectivity index (χ0) is 14.3. The predicted octanol–water partition coefficient (Wildman–Crippen LogP) is 2.83. The summed E-state index contributed by atoms with van der Waals surface area (Å²) in [6, 6.07) is 0.301. The fraction of sp³-hybridized carbons (Fsp3) is 0.941. The van der Waals surface area contributed by atoms with E-state index in [1.165, 1.54) is 32.1 Å². The fourth-order valence-corrected chi connectivity index (χ4v) is 5.16. The molecule has 1 amide bonds. The zero-order valence-corrected chi connectivity index (χ0v) is 13.0. The molecule has 0 saturated heterocycles. The minimum absolute atomic E-state index is 0.110. The third kappa shape index (κ3) is 2.61. The maximum Gasteiger partial charge on any atom is 0.240 e. The van der Waals surface area contributed by atoms with Gasteiger partial charge >= 0.3 is 0 Å². The van der Waals surface area contributed by atoms with E-state index in [1.54, 1.807) is 0 Å². The summed E-state index contributed by atoms with van der Waals surface area (Å²) in [5, 5.41) is 3.27. The van der Waals surface area contributed by atoms with Crippen molar-refractivity contribution in [1.82, 2.24) is 5.32 Å². The first-order valence-electron chi connectivity index (χ1n) is 8.58. The molecule has 114 valence electrons. The highest BCUT2D eigenvalue weighted by Gasteiger charge is 2.44. The van der Waals surface area contributed by atoms with Gasteiger partial charge in [0.2, 0.25) is 5.91 Å². The molecule has 6 unspecified atom stereocenters. The molecule has 3 N–H and O–H groups in total. The highest BCUT2D eigenvalue weighted by atomic mass is 16.2. The average molecular weight is 278 g/mol. The van der Waals surface area contributed by atoms with Gasteiger partial charge in [0, 0.05) is 6.04 Å². The fourth-order valence-electron chi connectivity index (χ4n) is 5.16. The van der Waals surface area contributed by atoms with Gasteiger partial charge in [0.25, 0.3) is 0 Å². The summed E-state index contributed by atoms with van der Waals surface area (Å²) in [4.78, 5) is 12.6. The SMILES string of the molecule is CC1CCCC(N)(C(=O)NC(C)C2CC3CCC2C3)C1. The second-order valence-corrected chi connectivity index (χ2v) is 7.96. The van der Waals surface area contributed by atoms with Crippen LogP contribution in [-0.4, -0.2) is 17.5 Å². The van der Waals surface area contributed by atoms with E-state index >= 15 is 0 Å². The van der Waals surface area contributed by atoms with Crippen molar-refractivity contribution in [3.05, 3.63) is 0 Å². The van der Waals surface area contributed by atoms with Crippen LogP contribution < -0.4 is 11.1 Å². The largest absolute Gasteiger partial charge is 0.352 e. The Morgan fingerprint density at radius 2 is 2.10 bits per heavy atom. The molecule has 3 saturated carbocycles. The Hall–Kier alpha value is -0.570. The minimum Gasteiger partial charge on any atom is -0.352 e. The molecule has 2 bridgehead atoms. The van der Waals surface area contributed by atoms with Crippen LogP contribution in [0, 0.1) is 23.7 Å². The van der Waals surface area contributed by atoms with Crippen molar-refractivity contribution in [3.63, 3.8) is 0 Å². The van der Waals surface area contributed by atoms with Gasteiger partial charge in [-0.05, 0) is 62.7 Å². The first-order valence-corrected chi connectivity index (χ1v) is 8.58. The van der Waals surface area contributed by atoms with E-state index < -0.39 is 5.54 Å². The Morgan fingerprint density at radius 3 is 2.70 bits per heavy atom. The van der Waals surface area contributed by atoms with E-state index in [2.05, 4.69) is 19.2 Å². The Bertz CT molecular complexity index is 383. The molecule has 0 radical (unpaired) electrons. The normalized spacial score (nSPS) is 45.4. The van der Waals surface area contributed by atoms with Crippen LogP contribution in [0.2, 0.25) is 0 Å². The standard InChI is InChI=1S/C17H30N2O/c1-11-4-3-7-17(18,10-11)16(20)19-12(2)15-9-13-5-6-14(15)8-13/h11-15H,3-10,18H2,1-2H3,(H,19,20). The third-order valence-electron chi connectivity index (χ3n) is 6.28. The average Bonchev–Trinajstić information content (AvgIpc) is 3.00. The molecule has 0 aromatic rings. The lowest BCUT2D eigenvalue weighted by molar-refractivity contribution is -0.129. The molecule has 3 rings (SSSR count). The molecule has 20 heavy (non-hydrogen) atoms. The van der Waals surface area contributed by atoms with Crippen molar-refractivity contribution in [2.24, 2.45) is 29.4 Å². The van der Waals surface area contributed by atoms with Gasteiger partial charge in [0.05, 0.1) is 5.54 Å². The van der Waals surface area contributed by atoms with Crippen molar-refractivity contribution in [1.29, 1.82) is 0 Å². The lowest BCUT2D eigenvalue weighted by atomic mass is 9.76. The van der Waals surface area contributed by atoms with E-state index in [-0.39, 0.29) is 5.91 Å². The topological polar surface area (TPSA) is 55.1 Å². The second-order valence-electron chi connectivity index (χ2n) is 7.96. The van der Waals surface area contributed by atoms with Gasteiger partial charge in [0.1, 0.15) is 0 Å². The van der Waals surface area contributed by atoms with E-state index in [0.717, 1.165) is 31.1 Å². The van der Waals surface area contributed by atoms with E-state index in [1.807, 2.05) is 0 Å². The van der Waals surface area contributed by atoms with Gasteiger partial charge in [-0.3, -0.25) is 4.79 Å². The summed E-state index contributed by atoms with van der Waals surface area (Å²) in [6.07, 6.45) is 9.52. The van der Waals surface area contributed by atoms with Crippen molar-refractivity contribution < 1.29 is 4.79 Å². The smallest absolute Gasteiger partial charge is 0.240 e. The number of hydrogen-bond acceptors (Lipinski definition) is 2. The van der Waals surface area contributed by atoms with Crippen molar-refractivity contribution in [3.8, 4) is 0 Å². The molecule has 0 aromatic carbocycles. The van der Waals surface area contributed by atoms with Crippen LogP contribution in [0.4, 0.5) is 0 Å². The highest BCUT2D eigenvalue weighted by molar-refractivity contribution is 5.86. The number of carbonyl (C=O) groups is 1. The number of nitrogens with two attached hydrogens (primary N) is 1. The maximum atomic E-state index is 12.6. The Kier molecular flexibility index (Phi) is 3.83. The van der Waals surface area contributed by atoms with E-state index in [4.69, 9.17) is 5.73 Å². The number of rotatable bonds is 3. The Morgan fingerprint density at radius 1 is 1.30 bits per heavy atom. The van der Waals surface area contributed by atoms with Crippen LogP contribution in [0.15, 0.2) is 0 Å². The van der Waals surface area contributed by atoms with Crippen LogP contribution in [0.3, 0.4) is 0 Å². The van der Waals surface area contributed by atoms with Crippen LogP contribution in [0.5, 0.6) is 0 Å². The van der Waals surface area contributed by atoms with E-state index in [0.29, 0.717) is 17.9 Å². The summed E-state index contributed by atoms with van der Waals surface area (Å²) in [5.41, 5.74) is 5.80. The summed E-state index contributed by atoms with van der Waals surface area (Å²) in [7, 11) is 0. The van der Waals surface area contributed by atoms with Gasteiger partial charge < -0.3 is 11.1 Å². The lowest BCUT2D eigenvalue weighted by Gasteiger charge is -2.37. The van der Waals surface area contributed by atoms with Crippen LogP contribution in [0.1, 0.15) is 65.2 Å². The van der Waals surface area contributed by atoms with Crippen LogP contribution in [0.25, 0.3) is 0 Å². The molecule has 3 aliphatic rings. The molecular formula is C17H30N2O. The molecule has 0 heterocycles. The number of amides is 1. The zero-order valence-electron chi connectivity index (χ0n) is 13.0. The van der Waals surface area contributed by atoms with Crippen LogP contribution >= 0.6 is 0 Å². The first kappa shape index (κ1) is 14.4. The van der Waals surface area contributed by atoms with Gasteiger partial charge in [-0.1, -0.05) is 26.2 Å². The summed E-state index contributed by atoms with van der Waals surface area (Å²) >= 11 is 0.